The van der Waals surface area contributed by atoms with Crippen molar-refractivity contribution in [3.05, 3.63) is 42.0 Å². The van der Waals surface area contributed by atoms with E-state index < -0.39 is 26.3 Å². The standard InChI is InChI=1S/C15H17NO2/c1-11(17)16-9-8-13-5-3-4-12-6-7-14(18-2)10-15(12)13/h3-7,10H,8-9H2,1-2H3,(H,16,17)/i1D3,2D3,9D2. The third-order valence-corrected chi connectivity index (χ3v) is 2.54. The van der Waals surface area contributed by atoms with Gasteiger partial charge in [-0.2, -0.15) is 0 Å². The van der Waals surface area contributed by atoms with Crippen LogP contribution in [0.15, 0.2) is 36.4 Å². The second-order valence-corrected chi connectivity index (χ2v) is 3.71. The quantitative estimate of drug-likeness (QED) is 0.906. The van der Waals surface area contributed by atoms with Gasteiger partial charge in [0.2, 0.25) is 5.91 Å². The minimum absolute atomic E-state index is 0.0945. The van der Waals surface area contributed by atoms with E-state index in [0.717, 1.165) is 5.39 Å². The number of carbonyl (C=O) groups is 1. The zero-order chi connectivity index (χ0) is 19.8. The van der Waals surface area contributed by atoms with Crippen LogP contribution >= 0.6 is 0 Å². The molecule has 0 spiro atoms. The summed E-state index contributed by atoms with van der Waals surface area (Å²) in [6, 6.07) is 9.65. The monoisotopic (exact) mass is 251 g/mol. The molecule has 0 aromatic heterocycles. The average molecular weight is 251 g/mol. The van der Waals surface area contributed by atoms with Crippen molar-refractivity contribution in [1.29, 1.82) is 0 Å². The van der Waals surface area contributed by atoms with Crippen LogP contribution < -0.4 is 10.1 Å². The maximum Gasteiger partial charge on any atom is 0.216 e. The molecule has 1 N–H and O–H groups in total. The SMILES string of the molecule is [2H]C([2H])(Cc1cccc2ccc(OC([2H])([2H])[2H])cc12)NC(=O)C([2H])([2H])[2H]. The van der Waals surface area contributed by atoms with Gasteiger partial charge < -0.3 is 10.1 Å². The molecule has 0 saturated heterocycles. The summed E-state index contributed by atoms with van der Waals surface area (Å²) >= 11 is 0. The highest BCUT2D eigenvalue weighted by Crippen LogP contribution is 2.24. The van der Waals surface area contributed by atoms with E-state index in [2.05, 4.69) is 0 Å². The van der Waals surface area contributed by atoms with Crippen LogP contribution in [0.3, 0.4) is 0 Å². The van der Waals surface area contributed by atoms with Crippen LogP contribution in [0.5, 0.6) is 5.75 Å². The van der Waals surface area contributed by atoms with Crippen molar-refractivity contribution in [2.45, 2.75) is 13.3 Å². The molecular formula is C15H17NO2. The lowest BCUT2D eigenvalue weighted by Gasteiger charge is -2.08. The van der Waals surface area contributed by atoms with E-state index in [1.54, 1.807) is 24.3 Å². The van der Waals surface area contributed by atoms with Crippen molar-refractivity contribution >= 4 is 16.7 Å². The lowest BCUT2D eigenvalue weighted by molar-refractivity contribution is -0.118. The van der Waals surface area contributed by atoms with Gasteiger partial charge in [0, 0.05) is 20.2 Å². The summed E-state index contributed by atoms with van der Waals surface area (Å²) in [4.78, 5) is 11.5. The predicted molar refractivity (Wildman–Crippen MR) is 72.9 cm³/mol. The molecule has 0 aliphatic heterocycles. The molecule has 94 valence electrons. The Morgan fingerprint density at radius 1 is 1.44 bits per heavy atom. The van der Waals surface area contributed by atoms with Gasteiger partial charge in [-0.1, -0.05) is 24.3 Å². The minimum atomic E-state index is -2.95. The first-order valence-corrected chi connectivity index (χ1v) is 5.30. The van der Waals surface area contributed by atoms with E-state index in [1.807, 2.05) is 5.32 Å². The van der Waals surface area contributed by atoms with Gasteiger partial charge in [-0.25, -0.2) is 0 Å². The first-order chi connectivity index (χ1) is 11.8. The molecule has 0 fully saturated rings. The number of hydrogen-bond donors (Lipinski definition) is 1. The highest BCUT2D eigenvalue weighted by atomic mass is 16.5. The van der Waals surface area contributed by atoms with Crippen LogP contribution in [0.4, 0.5) is 0 Å². The first-order valence-electron chi connectivity index (χ1n) is 9.30. The fourth-order valence-corrected chi connectivity index (χ4v) is 1.75. The first kappa shape index (κ1) is 5.74. The van der Waals surface area contributed by atoms with Crippen LogP contribution in [-0.4, -0.2) is 19.4 Å². The maximum atomic E-state index is 11.5. The predicted octanol–water partition coefficient (Wildman–Crippen LogP) is 2.53. The lowest BCUT2D eigenvalue weighted by atomic mass is 10.0. The second kappa shape index (κ2) is 5.54. The molecule has 0 bridgehead atoms. The van der Waals surface area contributed by atoms with Gasteiger partial charge >= 0.3 is 0 Å². The van der Waals surface area contributed by atoms with Crippen LogP contribution in [0.25, 0.3) is 10.8 Å². The van der Waals surface area contributed by atoms with E-state index in [9.17, 15) is 4.79 Å². The molecular weight excluding hydrogens is 226 g/mol. The lowest BCUT2D eigenvalue weighted by Crippen LogP contribution is -2.22. The summed E-state index contributed by atoms with van der Waals surface area (Å²) in [7, 11) is -2.62. The number of hydrogen-bond acceptors (Lipinski definition) is 2. The number of carbonyl (C=O) groups excluding carboxylic acids is 1. The van der Waals surface area contributed by atoms with Gasteiger partial charge in [-0.3, -0.25) is 4.79 Å². The number of methoxy groups -OCH3 is 1. The van der Waals surface area contributed by atoms with Crippen molar-refractivity contribution in [3.63, 3.8) is 0 Å². The Kier molecular flexibility index (Phi) is 1.77. The van der Waals surface area contributed by atoms with Gasteiger partial charge in [0.05, 0.1) is 11.2 Å². The van der Waals surface area contributed by atoms with Gasteiger partial charge in [0.1, 0.15) is 5.75 Å². The molecule has 0 radical (unpaired) electrons. The van der Waals surface area contributed by atoms with Crippen molar-refractivity contribution in [2.24, 2.45) is 0 Å². The Hall–Kier alpha value is -2.03. The molecule has 0 atom stereocenters. The molecule has 3 nitrogen and oxygen atoms in total. The molecule has 0 aliphatic rings. The fraction of sp³-hybridized carbons (Fsp3) is 0.267. The van der Waals surface area contributed by atoms with Crippen LogP contribution in [-0.2, 0) is 11.2 Å². The number of fused-ring (bicyclic) bond motifs is 1. The molecule has 0 heterocycles. The molecule has 3 heteroatoms. The Bertz CT molecular complexity index is 813. The number of aryl methyl sites for hydroxylation is 1. The third kappa shape index (κ3) is 2.80. The van der Waals surface area contributed by atoms with Crippen molar-refractivity contribution in [2.75, 3.05) is 13.5 Å². The van der Waals surface area contributed by atoms with Gasteiger partial charge in [0.25, 0.3) is 0 Å². The van der Waals surface area contributed by atoms with E-state index >= 15 is 0 Å². The number of amides is 1. The molecule has 0 unspecified atom stereocenters. The summed E-state index contributed by atoms with van der Waals surface area (Å²) in [5.41, 5.74) is 0.467. The Balaban J connectivity index is 2.33. The summed E-state index contributed by atoms with van der Waals surface area (Å²) in [6.45, 7) is -5.26. The molecule has 18 heavy (non-hydrogen) atoms. The smallest absolute Gasteiger partial charge is 0.216 e. The van der Waals surface area contributed by atoms with E-state index in [4.69, 9.17) is 15.7 Å². The molecule has 2 aromatic rings. The number of benzene rings is 2. The van der Waals surface area contributed by atoms with Crippen LogP contribution in [0.1, 0.15) is 23.4 Å². The fourth-order valence-electron chi connectivity index (χ4n) is 1.75. The number of rotatable bonds is 4. The molecule has 0 saturated carbocycles. The van der Waals surface area contributed by atoms with Crippen LogP contribution in [0.2, 0.25) is 0 Å². The number of nitrogens with one attached hydrogen (secondary N) is 1. The Morgan fingerprint density at radius 3 is 3.22 bits per heavy atom. The van der Waals surface area contributed by atoms with Crippen molar-refractivity contribution in [3.8, 4) is 5.75 Å². The van der Waals surface area contributed by atoms with Gasteiger partial charge in [-0.05, 0) is 34.9 Å². The topological polar surface area (TPSA) is 38.3 Å². The zero-order valence-corrected chi connectivity index (χ0v) is 9.49. The second-order valence-electron chi connectivity index (χ2n) is 3.71. The van der Waals surface area contributed by atoms with Crippen LogP contribution in [0, 0.1) is 0 Å². The normalized spacial score (nSPS) is 19.1. The third-order valence-electron chi connectivity index (χ3n) is 2.54. The minimum Gasteiger partial charge on any atom is -0.497 e. The van der Waals surface area contributed by atoms with E-state index in [1.165, 1.54) is 12.1 Å². The van der Waals surface area contributed by atoms with Gasteiger partial charge in [-0.15, -0.1) is 0 Å². The van der Waals surface area contributed by atoms with Gasteiger partial charge in [0.15, 0.2) is 0 Å². The van der Waals surface area contributed by atoms with Crippen molar-refractivity contribution < 1.29 is 20.5 Å². The summed E-state index contributed by atoms with van der Waals surface area (Å²) in [5.74, 6) is -1.29. The number of ether oxygens (including phenoxy) is 1. The highest BCUT2D eigenvalue weighted by Gasteiger charge is 2.03. The average Bonchev–Trinajstić information content (AvgIpc) is 2.44. The van der Waals surface area contributed by atoms with E-state index in [0.29, 0.717) is 10.9 Å². The molecule has 1 amide bonds. The molecule has 2 rings (SSSR count). The molecule has 2 aromatic carbocycles. The highest BCUT2D eigenvalue weighted by molar-refractivity contribution is 5.87. The summed E-state index contributed by atoms with van der Waals surface area (Å²) in [5, 5.41) is 3.14. The zero-order valence-electron chi connectivity index (χ0n) is 17.5. The summed E-state index contributed by atoms with van der Waals surface area (Å²) in [6.07, 6.45) is -0.302. The Labute approximate surface area is 118 Å². The van der Waals surface area contributed by atoms with E-state index in [-0.39, 0.29) is 12.2 Å². The maximum absolute atomic E-state index is 11.5. The summed E-state index contributed by atoms with van der Waals surface area (Å²) < 4.78 is 63.2. The van der Waals surface area contributed by atoms with Crippen molar-refractivity contribution in [1.82, 2.24) is 5.32 Å². The molecule has 0 aliphatic carbocycles. The Morgan fingerprint density at radius 2 is 2.39 bits per heavy atom. The largest absolute Gasteiger partial charge is 0.497 e.